The number of ether oxygens (including phenoxy) is 2. The molecule has 0 bridgehead atoms. The van der Waals surface area contributed by atoms with E-state index in [9.17, 15) is 28.8 Å². The molecule has 1 heterocycles. The first-order valence-electron chi connectivity index (χ1n) is 5.62. The first-order chi connectivity index (χ1) is 9.76. The van der Waals surface area contributed by atoms with Crippen LogP contribution < -0.4 is 10.1 Å². The minimum absolute atomic E-state index is 0.351. The van der Waals surface area contributed by atoms with Crippen molar-refractivity contribution in [1.82, 2.24) is 5.32 Å². The predicted molar refractivity (Wildman–Crippen MR) is 63.5 cm³/mol. The second kappa shape index (κ2) is 5.04. The SMILES string of the molecule is COc1cc([N+](=O)[O-])cc([C@@H]2NC(=O)OCC2(F)F)c1O. The van der Waals surface area contributed by atoms with Crippen LogP contribution in [-0.2, 0) is 4.74 Å². The summed E-state index contributed by atoms with van der Waals surface area (Å²) in [6.45, 7) is -1.20. The lowest BCUT2D eigenvalue weighted by molar-refractivity contribution is -0.385. The van der Waals surface area contributed by atoms with Gasteiger partial charge in [0.15, 0.2) is 18.1 Å². The molecule has 2 N–H and O–H groups in total. The van der Waals surface area contributed by atoms with Crippen LogP contribution in [0.15, 0.2) is 12.1 Å². The molecule has 1 atom stereocenters. The monoisotopic (exact) mass is 304 g/mol. The number of halogens is 2. The van der Waals surface area contributed by atoms with Crippen LogP contribution in [0.5, 0.6) is 11.5 Å². The normalized spacial score (nSPS) is 20.3. The van der Waals surface area contributed by atoms with E-state index in [4.69, 9.17) is 4.74 Å². The molecule has 0 saturated carbocycles. The fourth-order valence-corrected chi connectivity index (χ4v) is 1.91. The summed E-state index contributed by atoms with van der Waals surface area (Å²) in [4.78, 5) is 21.1. The highest BCUT2D eigenvalue weighted by molar-refractivity contribution is 5.70. The van der Waals surface area contributed by atoms with E-state index in [0.29, 0.717) is 0 Å². The number of amides is 1. The number of rotatable bonds is 3. The van der Waals surface area contributed by atoms with Crippen LogP contribution in [-0.4, -0.2) is 35.8 Å². The molecule has 0 radical (unpaired) electrons. The van der Waals surface area contributed by atoms with E-state index in [1.165, 1.54) is 0 Å². The average molecular weight is 304 g/mol. The number of alkyl halides is 2. The zero-order valence-electron chi connectivity index (χ0n) is 10.6. The Hall–Kier alpha value is -2.65. The van der Waals surface area contributed by atoms with Gasteiger partial charge in [-0.15, -0.1) is 0 Å². The second-order valence-electron chi connectivity index (χ2n) is 4.26. The fraction of sp³-hybridized carbons (Fsp3) is 0.364. The lowest BCUT2D eigenvalue weighted by Crippen LogP contribution is -2.49. The highest BCUT2D eigenvalue weighted by Crippen LogP contribution is 2.43. The number of hydrogen-bond acceptors (Lipinski definition) is 6. The smallest absolute Gasteiger partial charge is 0.408 e. The molecule has 2 rings (SSSR count). The molecule has 1 amide bonds. The van der Waals surface area contributed by atoms with Gasteiger partial charge in [-0.25, -0.2) is 13.6 Å². The molecular formula is C11H10F2N2O6. The predicted octanol–water partition coefficient (Wildman–Crippen LogP) is 1.73. The Morgan fingerprint density at radius 1 is 1.57 bits per heavy atom. The van der Waals surface area contributed by atoms with Crippen LogP contribution in [0.3, 0.4) is 0 Å². The van der Waals surface area contributed by atoms with Gasteiger partial charge in [-0.1, -0.05) is 0 Å². The summed E-state index contributed by atoms with van der Waals surface area (Å²) in [5, 5.41) is 22.5. The third kappa shape index (κ3) is 2.64. The van der Waals surface area contributed by atoms with Crippen molar-refractivity contribution < 1.29 is 33.1 Å². The molecule has 21 heavy (non-hydrogen) atoms. The molecule has 0 aliphatic carbocycles. The second-order valence-corrected chi connectivity index (χ2v) is 4.26. The summed E-state index contributed by atoms with van der Waals surface area (Å²) >= 11 is 0. The van der Waals surface area contributed by atoms with E-state index in [2.05, 4.69) is 4.74 Å². The highest BCUT2D eigenvalue weighted by atomic mass is 19.3. The first-order valence-corrected chi connectivity index (χ1v) is 5.62. The van der Waals surface area contributed by atoms with Gasteiger partial charge in [0.2, 0.25) is 0 Å². The number of cyclic esters (lactones) is 1. The number of nitro groups is 1. The number of carbonyl (C=O) groups is 1. The molecule has 1 aliphatic heterocycles. The Kier molecular flexibility index (Phi) is 3.54. The highest BCUT2D eigenvalue weighted by Gasteiger charge is 2.48. The van der Waals surface area contributed by atoms with Gasteiger partial charge in [0, 0.05) is 11.6 Å². The summed E-state index contributed by atoms with van der Waals surface area (Å²) in [5.41, 5.74) is -1.08. The third-order valence-corrected chi connectivity index (χ3v) is 2.91. The fourth-order valence-electron chi connectivity index (χ4n) is 1.91. The third-order valence-electron chi connectivity index (χ3n) is 2.91. The van der Waals surface area contributed by atoms with Crippen LogP contribution in [0.2, 0.25) is 0 Å². The van der Waals surface area contributed by atoms with Crippen molar-refractivity contribution in [3.8, 4) is 11.5 Å². The van der Waals surface area contributed by atoms with Crippen molar-refractivity contribution in [3.63, 3.8) is 0 Å². The molecule has 114 valence electrons. The maximum atomic E-state index is 13.8. The van der Waals surface area contributed by atoms with E-state index >= 15 is 0 Å². The van der Waals surface area contributed by atoms with Crippen molar-refractivity contribution >= 4 is 11.8 Å². The first kappa shape index (κ1) is 14.8. The number of carbonyl (C=O) groups excluding carboxylic acids is 1. The molecule has 10 heteroatoms. The number of hydrogen-bond donors (Lipinski definition) is 2. The molecule has 1 aliphatic rings. The molecule has 8 nitrogen and oxygen atoms in total. The molecule has 1 saturated heterocycles. The lowest BCUT2D eigenvalue weighted by Gasteiger charge is -2.32. The minimum Gasteiger partial charge on any atom is -0.504 e. The number of nitrogens with zero attached hydrogens (tertiary/aromatic N) is 1. The largest absolute Gasteiger partial charge is 0.504 e. The average Bonchev–Trinajstić information content (AvgIpc) is 2.42. The zero-order valence-corrected chi connectivity index (χ0v) is 10.6. The van der Waals surface area contributed by atoms with Crippen LogP contribution in [0.4, 0.5) is 19.3 Å². The van der Waals surface area contributed by atoms with Crippen molar-refractivity contribution in [2.45, 2.75) is 12.0 Å². The Balaban J connectivity index is 2.58. The number of alkyl carbamates (subject to hydrolysis) is 1. The molecule has 1 aromatic rings. The van der Waals surface area contributed by atoms with Gasteiger partial charge in [0.05, 0.1) is 18.1 Å². The number of non-ortho nitro benzene ring substituents is 1. The summed E-state index contributed by atoms with van der Waals surface area (Å²) in [6, 6.07) is -0.326. The van der Waals surface area contributed by atoms with Gasteiger partial charge >= 0.3 is 12.0 Å². The number of phenols is 1. The summed E-state index contributed by atoms with van der Waals surface area (Å²) in [6.07, 6.45) is -1.12. The van der Waals surface area contributed by atoms with Gasteiger partial charge in [-0.2, -0.15) is 0 Å². The topological polar surface area (TPSA) is 111 Å². The van der Waals surface area contributed by atoms with E-state index in [-0.39, 0.29) is 5.75 Å². The van der Waals surface area contributed by atoms with Crippen molar-refractivity contribution in [1.29, 1.82) is 0 Å². The van der Waals surface area contributed by atoms with Crippen molar-refractivity contribution in [2.24, 2.45) is 0 Å². The number of phenolic OH excluding ortho intramolecular Hbond substituents is 1. The van der Waals surface area contributed by atoms with Gasteiger partial charge in [0.25, 0.3) is 5.69 Å². The Morgan fingerprint density at radius 2 is 2.24 bits per heavy atom. The standard InChI is InChI=1S/C11H10F2N2O6/c1-20-7-3-5(15(18)19)2-6(8(7)16)9-11(12,13)4-21-10(17)14-9/h2-3,9,16H,4H2,1H3,(H,14,17)/t9-/m0/s1. The molecular weight excluding hydrogens is 294 g/mol. The summed E-state index contributed by atoms with van der Waals surface area (Å²) in [7, 11) is 1.11. The maximum Gasteiger partial charge on any atom is 0.408 e. The van der Waals surface area contributed by atoms with Gasteiger partial charge < -0.3 is 19.9 Å². The van der Waals surface area contributed by atoms with Gasteiger partial charge in [0.1, 0.15) is 6.04 Å². The number of benzene rings is 1. The molecule has 0 aromatic heterocycles. The number of nitro benzene ring substituents is 1. The summed E-state index contributed by atoms with van der Waals surface area (Å²) in [5.74, 6) is -4.61. The van der Waals surface area contributed by atoms with E-state index in [1.54, 1.807) is 0 Å². The summed E-state index contributed by atoms with van der Waals surface area (Å²) < 4.78 is 36.5. The van der Waals surface area contributed by atoms with E-state index in [1.807, 2.05) is 5.32 Å². The molecule has 0 unspecified atom stereocenters. The van der Waals surface area contributed by atoms with Gasteiger partial charge in [-0.3, -0.25) is 10.1 Å². The number of aromatic hydroxyl groups is 1. The minimum atomic E-state index is -3.55. The van der Waals surface area contributed by atoms with Crippen LogP contribution in [0.25, 0.3) is 0 Å². The lowest BCUT2D eigenvalue weighted by atomic mass is 9.98. The molecule has 1 aromatic carbocycles. The van der Waals surface area contributed by atoms with Crippen LogP contribution in [0, 0.1) is 10.1 Å². The van der Waals surface area contributed by atoms with Crippen LogP contribution in [0.1, 0.15) is 11.6 Å². The van der Waals surface area contributed by atoms with Crippen LogP contribution >= 0.6 is 0 Å². The maximum absolute atomic E-state index is 13.8. The Labute approximate surface area is 116 Å². The van der Waals surface area contributed by atoms with Gasteiger partial charge in [-0.05, 0) is 0 Å². The van der Waals surface area contributed by atoms with Crippen molar-refractivity contribution in [2.75, 3.05) is 13.7 Å². The zero-order chi connectivity index (χ0) is 15.8. The molecule has 0 spiro atoms. The quantitative estimate of drug-likeness (QED) is 0.649. The number of nitrogens with one attached hydrogen (secondary N) is 1. The molecule has 1 fully saturated rings. The van der Waals surface area contributed by atoms with Crippen molar-refractivity contribution in [3.05, 3.63) is 27.8 Å². The Morgan fingerprint density at radius 3 is 2.81 bits per heavy atom. The number of methoxy groups -OCH3 is 1. The Bertz CT molecular complexity index is 607. The van der Waals surface area contributed by atoms with E-state index < -0.39 is 46.6 Å². The van der Waals surface area contributed by atoms with E-state index in [0.717, 1.165) is 19.2 Å².